The molecule has 2 N–H and O–H groups in total. The van der Waals surface area contributed by atoms with Crippen molar-refractivity contribution in [2.24, 2.45) is 11.8 Å². The van der Waals surface area contributed by atoms with Crippen LogP contribution in [0.15, 0.2) is 218 Å². The SMILES string of the molecule is CC[C@H]1O[C@@H](n2ccc(NC(=O)C(C)C)nc2=O)CC1O[P@@]1O[C@@H](C[Si](C)(c2ccccc2)c2ccccc2)[C@H]2CCCN21.CC[C@H]1O[C@@H](n2cnc3c(C)ncnc32)[C@@H](OC)C1O[P@@]1O[C@H](C[Si](C)(c2ccccc2)c2ccccc2)[C@@H]2CCCN21.CC[C@H]1O[C@@H](n2cnc3c(OCCC#N)nc(NC(=O)C(C)C)nc32)CC1O[P@]1O[C@@H](C[Si](C)(c2ccccc2)c2ccccc2)[C@H]2CCCN21. The van der Waals surface area contributed by atoms with E-state index in [-0.39, 0.29) is 115 Å². The highest BCUT2D eigenvalue weighted by atomic mass is 31.2. The van der Waals surface area contributed by atoms with E-state index in [9.17, 15) is 14.4 Å². The van der Waals surface area contributed by atoms with Crippen LogP contribution in [0.2, 0.25) is 37.8 Å². The van der Waals surface area contributed by atoms with E-state index in [0.717, 1.165) is 112 Å². The smallest absolute Gasteiger partial charge is 0.351 e. The van der Waals surface area contributed by atoms with E-state index in [1.165, 1.54) is 35.7 Å². The zero-order valence-corrected chi connectivity index (χ0v) is 86.5. The van der Waals surface area contributed by atoms with Crippen molar-refractivity contribution in [1.29, 1.82) is 5.26 Å². The molecule has 0 bridgehead atoms. The summed E-state index contributed by atoms with van der Waals surface area (Å²) in [6.45, 7) is 26.0. The Morgan fingerprint density at radius 3 is 1.33 bits per heavy atom. The molecule has 30 nitrogen and oxygen atoms in total. The molecular weight excluding hydrogens is 1850 g/mol. The molecular formula is C102H129N16O14P3Si3. The van der Waals surface area contributed by atoms with Gasteiger partial charge in [-0.25, -0.2) is 38.7 Å². The van der Waals surface area contributed by atoms with Crippen LogP contribution in [0.1, 0.15) is 150 Å². The molecule has 9 aliphatic rings. The molecule has 9 aliphatic heterocycles. The summed E-state index contributed by atoms with van der Waals surface area (Å²) in [6.07, 6.45) is 14.6. The van der Waals surface area contributed by atoms with Crippen LogP contribution in [0.3, 0.4) is 0 Å². The molecule has 0 spiro atoms. The molecule has 6 aromatic carbocycles. The van der Waals surface area contributed by atoms with Crippen LogP contribution in [-0.2, 0) is 55.7 Å². The van der Waals surface area contributed by atoms with Crippen LogP contribution in [0.25, 0.3) is 22.3 Å². The Morgan fingerprint density at radius 1 is 0.493 bits per heavy atom. The fourth-order valence-corrected chi connectivity index (χ4v) is 39.2. The lowest BCUT2D eigenvalue weighted by Crippen LogP contribution is -2.58. The number of imidazole rings is 2. The first-order chi connectivity index (χ1) is 67.1. The van der Waals surface area contributed by atoms with Crippen molar-refractivity contribution in [3.8, 4) is 11.9 Å². The Balaban J connectivity index is 0.000000138. The highest BCUT2D eigenvalue weighted by Crippen LogP contribution is 2.62. The van der Waals surface area contributed by atoms with Crippen molar-refractivity contribution >= 4 is 127 Å². The van der Waals surface area contributed by atoms with Crippen molar-refractivity contribution in [2.45, 2.75) is 268 Å². The second kappa shape index (κ2) is 44.2. The van der Waals surface area contributed by atoms with Gasteiger partial charge < -0.3 is 56.1 Å². The first-order valence-electron chi connectivity index (χ1n) is 49.2. The van der Waals surface area contributed by atoms with Gasteiger partial charge in [0.25, 0.3) is 25.6 Å². The molecule has 728 valence electrons. The van der Waals surface area contributed by atoms with E-state index in [0.29, 0.717) is 42.1 Å². The second-order valence-corrected chi connectivity index (χ2v) is 55.6. The number of hydrogen-bond acceptors (Lipinski definition) is 25. The van der Waals surface area contributed by atoms with E-state index in [4.69, 9.17) is 56.1 Å². The number of anilines is 2. The number of carbonyl (C=O) groups is 2. The summed E-state index contributed by atoms with van der Waals surface area (Å²) in [7, 11) is -8.37. The van der Waals surface area contributed by atoms with E-state index in [2.05, 4.69) is 288 Å². The molecule has 0 radical (unpaired) electrons. The second-order valence-electron chi connectivity index (χ2n) is 38.7. The molecule has 14 heterocycles. The number of hydrogen-bond donors (Lipinski definition) is 2. The molecule has 9 fully saturated rings. The summed E-state index contributed by atoms with van der Waals surface area (Å²) >= 11 is 0. The molecule has 11 aromatic rings. The van der Waals surface area contributed by atoms with Gasteiger partial charge in [0.2, 0.25) is 23.6 Å². The maximum Gasteiger partial charge on any atom is 0.351 e. The van der Waals surface area contributed by atoms with Crippen molar-refractivity contribution < 1.29 is 60.4 Å². The normalized spacial score (nSPS) is 27.0. The average Bonchev–Trinajstić information content (AvgIpc) is 1.63. The number of carbonyl (C=O) groups excluding carboxylic acids is 2. The maximum atomic E-state index is 12.9. The number of fused-ring (bicyclic) bond motifs is 5. The Bertz CT molecular complexity index is 5920. The molecule has 3 unspecified atom stereocenters. The molecule has 20 rings (SSSR count). The topological polar surface area (TPSA) is 315 Å². The lowest BCUT2D eigenvalue weighted by molar-refractivity contribution is -0.119. The molecule has 2 amide bonds. The van der Waals surface area contributed by atoms with Gasteiger partial charge in [-0.1, -0.05) is 281 Å². The zero-order valence-electron chi connectivity index (χ0n) is 80.9. The van der Waals surface area contributed by atoms with Crippen molar-refractivity contribution in [3.63, 3.8) is 0 Å². The number of nitriles is 1. The first-order valence-corrected chi connectivity index (χ1v) is 60.7. The monoisotopic (exact) mass is 1980 g/mol. The van der Waals surface area contributed by atoms with Gasteiger partial charge in [-0.05, 0) is 88.9 Å². The summed E-state index contributed by atoms with van der Waals surface area (Å²) < 4.78 is 85.9. The number of methoxy groups -OCH3 is 1. The molecule has 9 saturated heterocycles. The van der Waals surface area contributed by atoms with Crippen molar-refractivity contribution in [1.82, 2.24) is 62.6 Å². The Morgan fingerprint density at radius 2 is 0.913 bits per heavy atom. The highest BCUT2D eigenvalue weighted by molar-refractivity contribution is 7.45. The number of amides is 2. The minimum atomic E-state index is -2.13. The van der Waals surface area contributed by atoms with E-state index < -0.39 is 74.2 Å². The zero-order chi connectivity index (χ0) is 95.9. The number of rotatable bonds is 32. The largest absolute Gasteiger partial charge is 0.475 e. The third-order valence-corrected chi connectivity index (χ3v) is 47.9. The third kappa shape index (κ3) is 21.0. The highest BCUT2D eigenvalue weighted by Gasteiger charge is 2.58. The van der Waals surface area contributed by atoms with E-state index in [1.807, 2.05) is 16.1 Å². The Kier molecular flexibility index (Phi) is 31.8. The van der Waals surface area contributed by atoms with Gasteiger partial charge in [0.15, 0.2) is 23.0 Å². The third-order valence-electron chi connectivity index (χ3n) is 29.1. The van der Waals surface area contributed by atoms with Crippen LogP contribution in [0, 0.1) is 30.1 Å². The summed E-state index contributed by atoms with van der Waals surface area (Å²) in [5.74, 6) is -0.293. The molecule has 0 saturated carbocycles. The number of aromatic nitrogens is 10. The minimum absolute atomic E-state index is 0.0853. The van der Waals surface area contributed by atoms with Crippen LogP contribution < -0.4 is 52.2 Å². The van der Waals surface area contributed by atoms with Gasteiger partial charge in [0.05, 0.1) is 79.7 Å². The summed E-state index contributed by atoms with van der Waals surface area (Å²) in [4.78, 5) is 68.7. The number of nitrogens with zero attached hydrogens (tertiary/aromatic N) is 14. The van der Waals surface area contributed by atoms with Gasteiger partial charge >= 0.3 is 5.69 Å². The fourth-order valence-electron chi connectivity index (χ4n) is 21.3. The Hall–Kier alpha value is -9.05. The first kappa shape index (κ1) is 99.1. The number of nitrogens with one attached hydrogen (secondary N) is 2. The Labute approximate surface area is 815 Å². The molecule has 138 heavy (non-hydrogen) atoms. The van der Waals surface area contributed by atoms with Crippen LogP contribution in [0.5, 0.6) is 5.88 Å². The van der Waals surface area contributed by atoms with Crippen molar-refractivity contribution in [2.75, 3.05) is 44.0 Å². The molecule has 5 aromatic heterocycles. The predicted molar refractivity (Wildman–Crippen MR) is 544 cm³/mol. The van der Waals surface area contributed by atoms with E-state index in [1.54, 1.807) is 66.0 Å². The molecule has 36 heteroatoms. The van der Waals surface area contributed by atoms with Crippen LogP contribution in [0.4, 0.5) is 11.8 Å². The summed E-state index contributed by atoms with van der Waals surface area (Å²) in [5.41, 5.74) is 2.81. The quantitative estimate of drug-likeness (QED) is 0.0225. The minimum Gasteiger partial charge on any atom is -0.475 e. The number of benzene rings is 6. The maximum absolute atomic E-state index is 12.9. The van der Waals surface area contributed by atoms with Gasteiger partial charge in [-0.2, -0.15) is 20.2 Å². The summed E-state index contributed by atoms with van der Waals surface area (Å²) in [5, 5.41) is 23.1. The number of aryl methyl sites for hydroxylation is 1. The van der Waals surface area contributed by atoms with Crippen LogP contribution >= 0.6 is 25.6 Å². The van der Waals surface area contributed by atoms with Gasteiger partial charge in [-0.3, -0.25) is 28.6 Å². The fraction of sp³-hybridized carbons (Fsp3) is 0.480. The van der Waals surface area contributed by atoms with Crippen LogP contribution in [-0.4, -0.2) is 211 Å². The lowest BCUT2D eigenvalue weighted by atomic mass is 10.1. The van der Waals surface area contributed by atoms with Crippen molar-refractivity contribution in [3.05, 3.63) is 229 Å². The predicted octanol–water partition coefficient (Wildman–Crippen LogP) is 15.5. The molecule has 0 aliphatic carbocycles. The van der Waals surface area contributed by atoms with E-state index >= 15 is 0 Å². The van der Waals surface area contributed by atoms with Gasteiger partial charge in [0.1, 0.15) is 73.2 Å². The number of ether oxygens (including phenoxy) is 5. The summed E-state index contributed by atoms with van der Waals surface area (Å²) in [6, 6.07) is 73.7. The standard InChI is InChI=1S/C37H46N7O5PSi.C33H43N4O5PSi.C32H40N5O4PSi/c1-5-29-30(22-32(47-29)43-24-39-33-34(43)40-37(41-35(45)25(2)3)42-36(33)46-21-13-19-38)48-50-44-20-12-18-28(44)31(49-50)23-51(4,26-14-8-6-9-15-26)27-16-10-7-11-17-27;1-5-27-28(21-31(40-27)36-20-18-30(35-33(36)39)34-32(38)23(2)3)41-43-37-19-12-17-26(37)29(42-43)22-44(4,24-13-8-6-9-14-24)25-15-10-7-11-16-25;1-5-26-29(30(38-3)32(39-26)36-21-35-28-22(2)33-20-34-31(28)36)41-42-37-18-12-17-25(37)27(40-42)19-43(4,23-13-8-6-9-14-23)24-15-10-7-11-16-24/h6-11,14-17,24-25,28-32H,5,12-13,18,20-23H2,1-4H3,(H,40,41,42,45);6-11,13-16,18,20,23,26-29,31H,5,12,17,19,21-22H2,1-4H3,(H,34,35,38,39);6-11,13-16,20-21,25-27,29-30,32H,5,12,17-19H2,1-4H3/t28-,29-,30?,31+,32-,50-;26-,27-,28?,29+,31-,43+;25-,26+,27+,29?,30-,32+,42+/m110/s1. The van der Waals surface area contributed by atoms with Gasteiger partial charge in [-0.15, -0.1) is 0 Å². The average molecular weight is 1980 g/mol. The molecule has 19 atom stereocenters. The van der Waals surface area contributed by atoms with Gasteiger partial charge in [0, 0.05) is 75.7 Å². The lowest BCUT2D eigenvalue weighted by Gasteiger charge is -2.32.